The largest absolute Gasteiger partial charge is 0.494 e. The van der Waals surface area contributed by atoms with Crippen molar-refractivity contribution in [1.29, 1.82) is 0 Å². The number of carbonyl (C=O) groups is 1. The van der Waals surface area contributed by atoms with Crippen LogP contribution in [0.3, 0.4) is 0 Å². The van der Waals surface area contributed by atoms with Crippen molar-refractivity contribution in [2.24, 2.45) is 0 Å². The second kappa shape index (κ2) is 15.1. The summed E-state index contributed by atoms with van der Waals surface area (Å²) in [5, 5.41) is 3.01. The Morgan fingerprint density at radius 1 is 0.927 bits per heavy atom. The molecule has 1 aromatic heterocycles. The number of rotatable bonds is 16. The Labute approximate surface area is 243 Å². The van der Waals surface area contributed by atoms with E-state index in [1.807, 2.05) is 6.07 Å². The van der Waals surface area contributed by atoms with Crippen LogP contribution in [0.1, 0.15) is 73.6 Å². The van der Waals surface area contributed by atoms with Gasteiger partial charge in [0.2, 0.25) is 0 Å². The maximum absolute atomic E-state index is 12.5. The minimum Gasteiger partial charge on any atom is -0.494 e. The van der Waals surface area contributed by atoms with Crippen molar-refractivity contribution in [2.75, 3.05) is 27.4 Å². The Morgan fingerprint density at radius 2 is 1.71 bits per heavy atom. The van der Waals surface area contributed by atoms with Gasteiger partial charge in [0.25, 0.3) is 5.91 Å². The summed E-state index contributed by atoms with van der Waals surface area (Å²) in [6.07, 6.45) is 5.86. The normalized spacial score (nSPS) is 11.8. The van der Waals surface area contributed by atoms with Crippen molar-refractivity contribution in [3.05, 3.63) is 83.7 Å². The lowest BCUT2D eigenvalue weighted by atomic mass is 9.99. The van der Waals surface area contributed by atoms with Crippen molar-refractivity contribution in [1.82, 2.24) is 14.9 Å². The summed E-state index contributed by atoms with van der Waals surface area (Å²) >= 11 is 0. The quantitative estimate of drug-likeness (QED) is 0.148. The average Bonchev–Trinajstić information content (AvgIpc) is 3.37. The number of imidazole rings is 1. The zero-order valence-corrected chi connectivity index (χ0v) is 24.8. The van der Waals surface area contributed by atoms with Gasteiger partial charge in [0, 0.05) is 25.1 Å². The molecule has 0 saturated carbocycles. The van der Waals surface area contributed by atoms with Gasteiger partial charge in [0.15, 0.2) is 11.5 Å². The summed E-state index contributed by atoms with van der Waals surface area (Å²) in [4.78, 5) is 17.5. The average molecular weight is 558 g/mol. The molecule has 0 aliphatic rings. The van der Waals surface area contributed by atoms with E-state index >= 15 is 0 Å². The van der Waals surface area contributed by atoms with Gasteiger partial charge in [0.05, 0.1) is 31.9 Å². The molecule has 1 unspecified atom stereocenters. The number of nitrogens with one attached hydrogen (secondary N) is 1. The minimum atomic E-state index is -0.110. The van der Waals surface area contributed by atoms with Crippen LogP contribution in [-0.2, 0) is 13.0 Å². The molecule has 41 heavy (non-hydrogen) atoms. The summed E-state index contributed by atoms with van der Waals surface area (Å²) < 4.78 is 18.9. The highest BCUT2D eigenvalue weighted by Gasteiger charge is 2.12. The van der Waals surface area contributed by atoms with Gasteiger partial charge in [-0.15, -0.1) is 0 Å². The summed E-state index contributed by atoms with van der Waals surface area (Å²) in [5.74, 6) is 3.64. The summed E-state index contributed by atoms with van der Waals surface area (Å²) in [7, 11) is 3.14. The molecule has 1 heterocycles. The molecule has 0 fully saturated rings. The molecule has 0 aliphatic heterocycles. The van der Waals surface area contributed by atoms with Crippen LogP contribution < -0.4 is 19.5 Å². The summed E-state index contributed by atoms with van der Waals surface area (Å²) in [6.45, 7) is 6.62. The molecule has 0 saturated heterocycles. The van der Waals surface area contributed by atoms with Gasteiger partial charge in [-0.1, -0.05) is 44.5 Å². The van der Waals surface area contributed by atoms with E-state index in [0.717, 1.165) is 62.2 Å². The molecule has 1 N–H and O–H groups in total. The molecule has 1 amide bonds. The number of nitrogens with zero attached hydrogens (tertiary/aromatic N) is 2. The van der Waals surface area contributed by atoms with Crippen LogP contribution in [0.15, 0.2) is 66.7 Å². The molecule has 7 heteroatoms. The van der Waals surface area contributed by atoms with E-state index in [4.69, 9.17) is 19.2 Å². The number of para-hydroxylation sites is 2. The van der Waals surface area contributed by atoms with E-state index in [2.05, 4.69) is 66.2 Å². The molecule has 0 spiro atoms. The molecular formula is C34H43N3O4. The molecule has 3 aromatic carbocycles. The van der Waals surface area contributed by atoms with E-state index in [1.54, 1.807) is 32.4 Å². The van der Waals surface area contributed by atoms with Gasteiger partial charge >= 0.3 is 0 Å². The van der Waals surface area contributed by atoms with Crippen molar-refractivity contribution in [3.63, 3.8) is 0 Å². The van der Waals surface area contributed by atoms with Crippen LogP contribution >= 0.6 is 0 Å². The van der Waals surface area contributed by atoms with Crippen molar-refractivity contribution < 1.29 is 19.0 Å². The second-order valence-electron chi connectivity index (χ2n) is 10.4. The van der Waals surface area contributed by atoms with E-state index in [0.29, 0.717) is 36.1 Å². The lowest BCUT2D eigenvalue weighted by Crippen LogP contribution is -2.24. The number of benzene rings is 3. The lowest BCUT2D eigenvalue weighted by molar-refractivity contribution is 0.0952. The molecule has 0 aliphatic carbocycles. The number of amides is 1. The number of hydrogen-bond donors (Lipinski definition) is 1. The van der Waals surface area contributed by atoms with E-state index < -0.39 is 0 Å². The predicted molar refractivity (Wildman–Crippen MR) is 164 cm³/mol. The number of ether oxygens (including phenoxy) is 3. The number of methoxy groups -OCH3 is 2. The van der Waals surface area contributed by atoms with E-state index in [1.165, 1.54) is 11.1 Å². The third-order valence-electron chi connectivity index (χ3n) is 7.60. The van der Waals surface area contributed by atoms with Crippen molar-refractivity contribution >= 4 is 16.9 Å². The lowest BCUT2D eigenvalue weighted by Gasteiger charge is -2.12. The fraction of sp³-hybridized carbons (Fsp3) is 0.412. The molecule has 4 rings (SSSR count). The van der Waals surface area contributed by atoms with Crippen LogP contribution in [-0.4, -0.2) is 42.8 Å². The monoisotopic (exact) mass is 557 g/mol. The number of aryl methyl sites for hydroxylation is 2. The number of hydrogen-bond acceptors (Lipinski definition) is 5. The van der Waals surface area contributed by atoms with Crippen LogP contribution in [0.4, 0.5) is 0 Å². The molecule has 0 bridgehead atoms. The fourth-order valence-corrected chi connectivity index (χ4v) is 4.97. The van der Waals surface area contributed by atoms with Gasteiger partial charge in [0.1, 0.15) is 11.6 Å². The number of fused-ring (bicyclic) bond motifs is 1. The minimum absolute atomic E-state index is 0.110. The smallest absolute Gasteiger partial charge is 0.251 e. The van der Waals surface area contributed by atoms with Crippen LogP contribution in [0, 0.1) is 0 Å². The molecule has 4 aromatic rings. The third-order valence-corrected chi connectivity index (χ3v) is 7.60. The van der Waals surface area contributed by atoms with E-state index in [-0.39, 0.29) is 5.91 Å². The van der Waals surface area contributed by atoms with Crippen LogP contribution in [0.2, 0.25) is 0 Å². The Kier molecular flexibility index (Phi) is 11.1. The highest BCUT2D eigenvalue weighted by molar-refractivity contribution is 5.94. The van der Waals surface area contributed by atoms with Gasteiger partial charge in [-0.05, 0) is 79.6 Å². The first-order valence-electron chi connectivity index (χ1n) is 14.7. The maximum Gasteiger partial charge on any atom is 0.251 e. The topological polar surface area (TPSA) is 74.6 Å². The molecule has 1 atom stereocenters. The van der Waals surface area contributed by atoms with E-state index in [9.17, 15) is 4.79 Å². The number of carbonyl (C=O) groups excluding carboxylic acids is 1. The Bertz CT molecular complexity index is 1400. The Balaban J connectivity index is 1.23. The zero-order chi connectivity index (χ0) is 29.0. The molecular weight excluding hydrogens is 514 g/mol. The maximum atomic E-state index is 12.5. The highest BCUT2D eigenvalue weighted by atomic mass is 16.5. The first-order valence-corrected chi connectivity index (χ1v) is 14.7. The zero-order valence-electron chi connectivity index (χ0n) is 24.8. The predicted octanol–water partition coefficient (Wildman–Crippen LogP) is 7.18. The van der Waals surface area contributed by atoms with Gasteiger partial charge in [-0.25, -0.2) is 4.98 Å². The highest BCUT2D eigenvalue weighted by Crippen LogP contribution is 2.27. The van der Waals surface area contributed by atoms with Crippen molar-refractivity contribution in [3.8, 4) is 17.2 Å². The molecule has 0 radical (unpaired) electrons. The second-order valence-corrected chi connectivity index (χ2v) is 10.4. The first-order chi connectivity index (χ1) is 20.0. The van der Waals surface area contributed by atoms with Gasteiger partial charge in [-0.2, -0.15) is 0 Å². The van der Waals surface area contributed by atoms with Gasteiger partial charge in [-0.3, -0.25) is 4.79 Å². The summed E-state index contributed by atoms with van der Waals surface area (Å²) in [5.41, 5.74) is 4.12. The standard InChI is InChI=1S/C34H43N3O4/c1-5-25(2)26-15-18-28(19-16-26)41-23-11-22-37-30-13-9-8-12-29(30)36-33(37)14-7-6-10-21-35-34(38)27-17-20-31(39-3)32(24-27)40-4/h8-9,12-13,15-20,24-25H,5-7,10-11,14,21-23H2,1-4H3,(H,35,38). The summed E-state index contributed by atoms with van der Waals surface area (Å²) in [6, 6.07) is 22.0. The van der Waals surface area contributed by atoms with Crippen LogP contribution in [0.25, 0.3) is 11.0 Å². The number of unbranched alkanes of at least 4 members (excludes halogenated alkanes) is 2. The molecule has 7 nitrogen and oxygen atoms in total. The Hall–Kier alpha value is -4.00. The SMILES string of the molecule is CCC(C)c1ccc(OCCCn2c(CCCCCNC(=O)c3ccc(OC)c(OC)c3)nc3ccccc32)cc1. The Morgan fingerprint density at radius 3 is 2.46 bits per heavy atom. The first kappa shape index (κ1) is 30.0. The molecule has 218 valence electrons. The number of aromatic nitrogens is 2. The van der Waals surface area contributed by atoms with Crippen LogP contribution in [0.5, 0.6) is 17.2 Å². The fourth-order valence-electron chi connectivity index (χ4n) is 4.97. The van der Waals surface area contributed by atoms with Crippen molar-refractivity contribution in [2.45, 2.75) is 64.8 Å². The van der Waals surface area contributed by atoms with Gasteiger partial charge < -0.3 is 24.1 Å². The third kappa shape index (κ3) is 8.03.